The maximum atomic E-state index is 11.4. The molecule has 3 heteroatoms. The highest BCUT2D eigenvalue weighted by atomic mass is 16.5. The molecule has 16 heavy (non-hydrogen) atoms. The van der Waals surface area contributed by atoms with Crippen molar-refractivity contribution < 1.29 is 14.6 Å². The molecule has 0 bridgehead atoms. The molecule has 1 N–H and O–H groups in total. The van der Waals surface area contributed by atoms with Gasteiger partial charge in [-0.1, -0.05) is 11.6 Å². The van der Waals surface area contributed by atoms with Crippen LogP contribution in [0.15, 0.2) is 11.6 Å². The third-order valence-corrected chi connectivity index (χ3v) is 2.19. The number of ether oxygens (including phenoxy) is 1. The lowest BCUT2D eigenvalue weighted by molar-refractivity contribution is -0.152. The van der Waals surface area contributed by atoms with Gasteiger partial charge in [-0.2, -0.15) is 0 Å². The van der Waals surface area contributed by atoms with Crippen LogP contribution in [0.5, 0.6) is 0 Å². The Labute approximate surface area is 98.5 Å². The molecule has 0 rings (SSSR count). The molecule has 0 atom stereocenters. The molecule has 3 nitrogen and oxygen atoms in total. The highest BCUT2D eigenvalue weighted by Gasteiger charge is 2.22. The van der Waals surface area contributed by atoms with E-state index in [9.17, 15) is 4.79 Å². The maximum absolute atomic E-state index is 11.4. The van der Waals surface area contributed by atoms with Gasteiger partial charge >= 0.3 is 5.97 Å². The summed E-state index contributed by atoms with van der Waals surface area (Å²) in [5, 5.41) is 8.65. The van der Waals surface area contributed by atoms with E-state index in [0.717, 1.165) is 19.3 Å². The van der Waals surface area contributed by atoms with Gasteiger partial charge in [0.15, 0.2) is 0 Å². The standard InChI is InChI=1S/C13H24O3/c1-11(7-5-9-14)8-6-10-16-12(15)13(2,3)4/h8,14H,5-7,9-10H2,1-4H3/b11-8+. The van der Waals surface area contributed by atoms with E-state index in [0.29, 0.717) is 6.61 Å². The van der Waals surface area contributed by atoms with E-state index < -0.39 is 5.41 Å². The number of rotatable bonds is 6. The molecular weight excluding hydrogens is 204 g/mol. The Morgan fingerprint density at radius 3 is 2.50 bits per heavy atom. The van der Waals surface area contributed by atoms with E-state index in [1.54, 1.807) is 0 Å². The van der Waals surface area contributed by atoms with Crippen molar-refractivity contribution in [2.45, 2.75) is 47.0 Å². The summed E-state index contributed by atoms with van der Waals surface area (Å²) < 4.78 is 5.13. The first-order valence-corrected chi connectivity index (χ1v) is 5.81. The van der Waals surface area contributed by atoms with Gasteiger partial charge in [-0.25, -0.2) is 0 Å². The molecule has 0 heterocycles. The van der Waals surface area contributed by atoms with Gasteiger partial charge in [0.1, 0.15) is 0 Å². The van der Waals surface area contributed by atoms with Crippen LogP contribution in [0.1, 0.15) is 47.0 Å². The van der Waals surface area contributed by atoms with Crippen LogP contribution in [0.2, 0.25) is 0 Å². The lowest BCUT2D eigenvalue weighted by Crippen LogP contribution is -2.23. The third kappa shape index (κ3) is 7.46. The lowest BCUT2D eigenvalue weighted by atomic mass is 9.97. The highest BCUT2D eigenvalue weighted by Crippen LogP contribution is 2.15. The fourth-order valence-electron chi connectivity index (χ4n) is 1.13. The van der Waals surface area contributed by atoms with Gasteiger partial charge in [0.05, 0.1) is 12.0 Å². The Bertz CT molecular complexity index is 236. The summed E-state index contributed by atoms with van der Waals surface area (Å²) in [6, 6.07) is 0. The second kappa shape index (κ2) is 7.44. The van der Waals surface area contributed by atoms with E-state index in [1.165, 1.54) is 5.57 Å². The largest absolute Gasteiger partial charge is 0.465 e. The van der Waals surface area contributed by atoms with Gasteiger partial charge in [-0.3, -0.25) is 4.79 Å². The average Bonchev–Trinajstić information content (AvgIpc) is 2.19. The SMILES string of the molecule is C/C(=C\CCOC(=O)C(C)(C)C)CCCO. The molecule has 0 saturated heterocycles. The van der Waals surface area contributed by atoms with Crippen molar-refractivity contribution in [3.63, 3.8) is 0 Å². The number of carbonyl (C=O) groups is 1. The molecule has 94 valence electrons. The molecule has 0 aromatic rings. The first kappa shape index (κ1) is 15.2. The smallest absolute Gasteiger partial charge is 0.311 e. The lowest BCUT2D eigenvalue weighted by Gasteiger charge is -2.16. The normalized spacial score (nSPS) is 12.7. The average molecular weight is 228 g/mol. The van der Waals surface area contributed by atoms with Crippen molar-refractivity contribution in [3.05, 3.63) is 11.6 Å². The number of esters is 1. The topological polar surface area (TPSA) is 46.5 Å². The van der Waals surface area contributed by atoms with Crippen LogP contribution in [0.4, 0.5) is 0 Å². The van der Waals surface area contributed by atoms with E-state index in [2.05, 4.69) is 6.08 Å². The first-order chi connectivity index (χ1) is 7.38. The quantitative estimate of drug-likeness (QED) is 0.432. The van der Waals surface area contributed by atoms with Gasteiger partial charge in [-0.15, -0.1) is 0 Å². The number of carbonyl (C=O) groups excluding carboxylic acids is 1. The Morgan fingerprint density at radius 1 is 1.38 bits per heavy atom. The Balaban J connectivity index is 3.71. The molecule has 0 aliphatic carbocycles. The fraction of sp³-hybridized carbons (Fsp3) is 0.769. The minimum absolute atomic E-state index is 0.158. The number of hydrogen-bond donors (Lipinski definition) is 1. The van der Waals surface area contributed by atoms with Crippen LogP contribution in [-0.2, 0) is 9.53 Å². The Kier molecular flexibility index (Phi) is 7.06. The minimum atomic E-state index is -0.421. The second-order valence-corrected chi connectivity index (χ2v) is 5.05. The predicted octanol–water partition coefficient (Wildman–Crippen LogP) is 2.68. The van der Waals surface area contributed by atoms with Gasteiger partial charge in [0, 0.05) is 6.61 Å². The highest BCUT2D eigenvalue weighted by molar-refractivity contribution is 5.75. The van der Waals surface area contributed by atoms with Crippen LogP contribution >= 0.6 is 0 Å². The van der Waals surface area contributed by atoms with Crippen LogP contribution in [0.25, 0.3) is 0 Å². The molecule has 0 aromatic heterocycles. The summed E-state index contributed by atoms with van der Waals surface area (Å²) >= 11 is 0. The van der Waals surface area contributed by atoms with Crippen molar-refractivity contribution >= 4 is 5.97 Å². The zero-order valence-electron chi connectivity index (χ0n) is 10.9. The fourth-order valence-corrected chi connectivity index (χ4v) is 1.13. The molecular formula is C13H24O3. The number of aliphatic hydroxyl groups excluding tert-OH is 1. The predicted molar refractivity (Wildman–Crippen MR) is 65.1 cm³/mol. The van der Waals surface area contributed by atoms with Crippen LogP contribution in [-0.4, -0.2) is 24.3 Å². The maximum Gasteiger partial charge on any atom is 0.311 e. The van der Waals surface area contributed by atoms with Crippen molar-refractivity contribution in [2.24, 2.45) is 5.41 Å². The second-order valence-electron chi connectivity index (χ2n) is 5.05. The van der Waals surface area contributed by atoms with Crippen LogP contribution in [0, 0.1) is 5.41 Å². The van der Waals surface area contributed by atoms with Crippen molar-refractivity contribution in [1.82, 2.24) is 0 Å². The number of aliphatic hydroxyl groups is 1. The monoisotopic (exact) mass is 228 g/mol. The molecule has 0 radical (unpaired) electrons. The van der Waals surface area contributed by atoms with Gasteiger partial charge in [-0.05, 0) is 47.0 Å². The molecule has 0 aromatic carbocycles. The van der Waals surface area contributed by atoms with Crippen LogP contribution in [0.3, 0.4) is 0 Å². The molecule has 0 unspecified atom stereocenters. The van der Waals surface area contributed by atoms with Crippen molar-refractivity contribution in [3.8, 4) is 0 Å². The van der Waals surface area contributed by atoms with E-state index in [4.69, 9.17) is 9.84 Å². The molecule has 0 spiro atoms. The Morgan fingerprint density at radius 2 is 2.00 bits per heavy atom. The van der Waals surface area contributed by atoms with E-state index >= 15 is 0 Å². The van der Waals surface area contributed by atoms with Gasteiger partial charge < -0.3 is 9.84 Å². The van der Waals surface area contributed by atoms with Gasteiger partial charge in [0.2, 0.25) is 0 Å². The van der Waals surface area contributed by atoms with E-state index in [-0.39, 0.29) is 12.6 Å². The summed E-state index contributed by atoms with van der Waals surface area (Å²) in [7, 11) is 0. The van der Waals surface area contributed by atoms with Crippen LogP contribution < -0.4 is 0 Å². The summed E-state index contributed by atoms with van der Waals surface area (Å²) in [5.41, 5.74) is 0.816. The zero-order valence-corrected chi connectivity index (χ0v) is 10.9. The number of hydrogen-bond acceptors (Lipinski definition) is 3. The molecule has 0 aliphatic heterocycles. The Hall–Kier alpha value is -0.830. The summed E-state index contributed by atoms with van der Waals surface area (Å²) in [4.78, 5) is 11.4. The summed E-state index contributed by atoms with van der Waals surface area (Å²) in [6.07, 6.45) is 4.51. The number of allylic oxidation sites excluding steroid dienone is 1. The summed E-state index contributed by atoms with van der Waals surface area (Å²) in [6.45, 7) is 8.23. The third-order valence-electron chi connectivity index (χ3n) is 2.19. The minimum Gasteiger partial charge on any atom is -0.465 e. The molecule has 0 fully saturated rings. The van der Waals surface area contributed by atoms with Crippen molar-refractivity contribution in [2.75, 3.05) is 13.2 Å². The first-order valence-electron chi connectivity index (χ1n) is 5.81. The van der Waals surface area contributed by atoms with Gasteiger partial charge in [0.25, 0.3) is 0 Å². The van der Waals surface area contributed by atoms with E-state index in [1.807, 2.05) is 27.7 Å². The summed E-state index contributed by atoms with van der Waals surface area (Å²) in [5.74, 6) is -0.158. The van der Waals surface area contributed by atoms with Crippen molar-refractivity contribution in [1.29, 1.82) is 0 Å². The molecule has 0 aliphatic rings. The molecule has 0 amide bonds. The molecule has 0 saturated carbocycles. The zero-order chi connectivity index (χ0) is 12.6.